The van der Waals surface area contributed by atoms with Crippen LogP contribution in [0.4, 0.5) is 0 Å². The number of nitrogens with zero attached hydrogens (tertiary/aromatic N) is 1. The van der Waals surface area contributed by atoms with Crippen LogP contribution in [0.5, 0.6) is 5.75 Å². The number of nitrogens with two attached hydrogens (primary N) is 1. The molecule has 1 aromatic rings. The average molecular weight is 405 g/mol. The fourth-order valence-electron chi connectivity index (χ4n) is 2.35. The van der Waals surface area contributed by atoms with Crippen molar-refractivity contribution in [1.29, 1.82) is 5.41 Å². The van der Waals surface area contributed by atoms with Crippen LogP contribution >= 0.6 is 34.8 Å². The maximum absolute atomic E-state index is 12.7. The number of hydrogen-bond donors (Lipinski definition) is 2. The van der Waals surface area contributed by atoms with E-state index in [1.54, 1.807) is 0 Å². The monoisotopic (exact) mass is 403 g/mol. The number of allylic oxidation sites excluding steroid dienone is 2. The molecule has 0 saturated carbocycles. The highest BCUT2D eigenvalue weighted by molar-refractivity contribution is 6.43. The summed E-state index contributed by atoms with van der Waals surface area (Å²) in [5.41, 5.74) is 0.0705. The Balaban J connectivity index is 2.30. The molecule has 1 aliphatic carbocycles. The number of rotatable bonds is 7. The van der Waals surface area contributed by atoms with E-state index in [9.17, 15) is 9.59 Å². The molecule has 0 amide bonds. The van der Waals surface area contributed by atoms with E-state index in [1.165, 1.54) is 12.1 Å². The summed E-state index contributed by atoms with van der Waals surface area (Å²) in [4.78, 5) is 24.8. The van der Waals surface area contributed by atoms with Crippen molar-refractivity contribution in [2.45, 2.75) is 19.3 Å². The first-order valence-corrected chi connectivity index (χ1v) is 8.59. The molecule has 2 rings (SSSR count). The van der Waals surface area contributed by atoms with E-state index >= 15 is 0 Å². The van der Waals surface area contributed by atoms with Crippen LogP contribution in [0.25, 0.3) is 0 Å². The van der Waals surface area contributed by atoms with Gasteiger partial charge >= 0.3 is 0 Å². The smallest absolute Gasteiger partial charge is 0.199 e. The van der Waals surface area contributed by atoms with Gasteiger partial charge in [-0.1, -0.05) is 34.8 Å². The number of Topliss-reactive ketones (excluding diaryl/α,β-unsaturated/α-hetero) is 2. The highest BCUT2D eigenvalue weighted by atomic mass is 35.5. The summed E-state index contributed by atoms with van der Waals surface area (Å²) >= 11 is 18.4. The summed E-state index contributed by atoms with van der Waals surface area (Å²) in [6.45, 7) is 0.329. The molecule has 25 heavy (non-hydrogen) atoms. The van der Waals surface area contributed by atoms with Crippen LogP contribution in [0.2, 0.25) is 10.0 Å². The molecule has 0 fully saturated rings. The van der Waals surface area contributed by atoms with Gasteiger partial charge in [0, 0.05) is 17.0 Å². The Morgan fingerprint density at radius 3 is 2.68 bits per heavy atom. The minimum Gasteiger partial charge on any atom is -0.489 e. The number of hydrogen-bond acceptors (Lipinski definition) is 5. The van der Waals surface area contributed by atoms with E-state index in [0.717, 1.165) is 11.3 Å². The Morgan fingerprint density at radius 1 is 1.32 bits per heavy atom. The fraction of sp³-hybridized carbons (Fsp3) is 0.312. The molecular weight excluding hydrogens is 389 g/mol. The average Bonchev–Trinajstić information content (AvgIpc) is 2.57. The first kappa shape index (κ1) is 19.7. The first-order valence-electron chi connectivity index (χ1n) is 7.46. The molecule has 0 bridgehead atoms. The lowest BCUT2D eigenvalue weighted by Crippen LogP contribution is -2.33. The number of ether oxygens (including phenoxy) is 1. The largest absolute Gasteiger partial charge is 0.489 e. The molecule has 9 heteroatoms. The standard InChI is InChI=1S/C16H16Cl3N3O3/c17-10-2-1-3-12(23)13(10)15(24)9-4-5-11(18)16(14(9)19)25-7-6-22(21)8-20/h4-5,8,20H,1-3,6-7,21H2. The molecule has 0 radical (unpaired) electrons. The van der Waals surface area contributed by atoms with Crippen LogP contribution in [0.3, 0.4) is 0 Å². The summed E-state index contributed by atoms with van der Waals surface area (Å²) in [5, 5.41) is 8.58. The van der Waals surface area contributed by atoms with Crippen molar-refractivity contribution in [2.24, 2.45) is 5.84 Å². The van der Waals surface area contributed by atoms with Crippen molar-refractivity contribution >= 4 is 52.7 Å². The lowest BCUT2D eigenvalue weighted by Gasteiger charge is -2.17. The maximum Gasteiger partial charge on any atom is 0.199 e. The van der Waals surface area contributed by atoms with Gasteiger partial charge in [0.25, 0.3) is 0 Å². The number of nitrogens with one attached hydrogen (secondary N) is 1. The Bertz CT molecular complexity index is 750. The second-order valence-corrected chi connectivity index (χ2v) is 6.58. The summed E-state index contributed by atoms with van der Waals surface area (Å²) in [6.07, 6.45) is 2.33. The number of halogens is 3. The number of carbonyl (C=O) groups excluding carboxylic acids is 2. The van der Waals surface area contributed by atoms with E-state index < -0.39 is 5.78 Å². The van der Waals surface area contributed by atoms with E-state index in [-0.39, 0.29) is 57.3 Å². The normalized spacial score (nSPS) is 14.5. The molecule has 0 unspecified atom stereocenters. The summed E-state index contributed by atoms with van der Waals surface area (Å²) in [7, 11) is 0. The number of carbonyl (C=O) groups is 2. The zero-order valence-corrected chi connectivity index (χ0v) is 15.4. The minimum atomic E-state index is -0.541. The second kappa shape index (κ2) is 8.67. The van der Waals surface area contributed by atoms with Crippen molar-refractivity contribution in [2.75, 3.05) is 13.2 Å². The van der Waals surface area contributed by atoms with Crippen LogP contribution in [0, 0.1) is 5.41 Å². The SMILES string of the molecule is N=CN(N)CCOc1c(Cl)ccc(C(=O)C2=C(Cl)CCCC2=O)c1Cl. The molecule has 0 saturated heterocycles. The molecule has 3 N–H and O–H groups in total. The highest BCUT2D eigenvalue weighted by Crippen LogP contribution is 2.38. The minimum absolute atomic E-state index is 0.00580. The molecule has 0 aromatic heterocycles. The molecule has 0 heterocycles. The van der Waals surface area contributed by atoms with Gasteiger partial charge in [-0.15, -0.1) is 0 Å². The van der Waals surface area contributed by atoms with Crippen molar-refractivity contribution in [3.05, 3.63) is 38.3 Å². The lowest BCUT2D eigenvalue weighted by atomic mass is 9.91. The third-order valence-corrected chi connectivity index (χ3v) is 4.68. The van der Waals surface area contributed by atoms with Crippen LogP contribution in [-0.4, -0.2) is 36.1 Å². The van der Waals surface area contributed by atoms with Gasteiger partial charge in [0.05, 0.1) is 28.5 Å². The van der Waals surface area contributed by atoms with Gasteiger partial charge in [-0.2, -0.15) is 0 Å². The summed E-state index contributed by atoms with van der Waals surface area (Å²) in [5.74, 6) is 4.74. The van der Waals surface area contributed by atoms with E-state index in [4.69, 9.17) is 50.8 Å². The van der Waals surface area contributed by atoms with Crippen molar-refractivity contribution < 1.29 is 14.3 Å². The lowest BCUT2D eigenvalue weighted by molar-refractivity contribution is -0.115. The zero-order valence-electron chi connectivity index (χ0n) is 13.2. The Morgan fingerprint density at radius 2 is 2.04 bits per heavy atom. The van der Waals surface area contributed by atoms with Crippen LogP contribution in [-0.2, 0) is 4.79 Å². The third-order valence-electron chi connectivity index (χ3n) is 3.63. The maximum atomic E-state index is 12.7. The molecule has 0 atom stereocenters. The van der Waals surface area contributed by atoms with Crippen molar-refractivity contribution in [1.82, 2.24) is 5.01 Å². The van der Waals surface area contributed by atoms with E-state index in [0.29, 0.717) is 12.8 Å². The van der Waals surface area contributed by atoms with Gasteiger partial charge in [-0.3, -0.25) is 20.0 Å². The molecule has 0 aliphatic heterocycles. The van der Waals surface area contributed by atoms with Gasteiger partial charge in [-0.05, 0) is 25.0 Å². The van der Waals surface area contributed by atoms with E-state index in [2.05, 4.69) is 0 Å². The molecule has 6 nitrogen and oxygen atoms in total. The topological polar surface area (TPSA) is 96.5 Å². The molecular formula is C16H16Cl3N3O3. The van der Waals surface area contributed by atoms with Gasteiger partial charge < -0.3 is 4.74 Å². The first-order chi connectivity index (χ1) is 11.9. The fourth-order valence-corrected chi connectivity index (χ4v) is 3.24. The van der Waals surface area contributed by atoms with E-state index in [1.807, 2.05) is 0 Å². The second-order valence-electron chi connectivity index (χ2n) is 5.34. The van der Waals surface area contributed by atoms with Gasteiger partial charge in [0.2, 0.25) is 0 Å². The van der Waals surface area contributed by atoms with Gasteiger partial charge in [-0.25, -0.2) is 5.84 Å². The van der Waals surface area contributed by atoms with Gasteiger partial charge in [0.15, 0.2) is 17.3 Å². The highest BCUT2D eigenvalue weighted by Gasteiger charge is 2.29. The summed E-state index contributed by atoms with van der Waals surface area (Å²) in [6, 6.07) is 2.90. The van der Waals surface area contributed by atoms with Crippen LogP contribution in [0.15, 0.2) is 22.7 Å². The number of benzene rings is 1. The molecule has 1 aromatic carbocycles. The summed E-state index contributed by atoms with van der Waals surface area (Å²) < 4.78 is 5.50. The van der Waals surface area contributed by atoms with Gasteiger partial charge in [0.1, 0.15) is 6.61 Å². The molecule has 1 aliphatic rings. The molecule has 134 valence electrons. The quantitative estimate of drug-likeness (QED) is 0.181. The van der Waals surface area contributed by atoms with Crippen molar-refractivity contribution in [3.8, 4) is 5.75 Å². The predicted molar refractivity (Wildman–Crippen MR) is 97.7 cm³/mol. The Hall–Kier alpha value is -1.60. The Labute approximate surface area is 159 Å². The molecule has 0 spiro atoms. The number of ketones is 2. The number of hydrazine groups is 1. The third kappa shape index (κ3) is 4.52. The predicted octanol–water partition coefficient (Wildman–Crippen LogP) is 3.58. The van der Waals surface area contributed by atoms with Crippen molar-refractivity contribution in [3.63, 3.8) is 0 Å². The van der Waals surface area contributed by atoms with Crippen LogP contribution in [0.1, 0.15) is 29.6 Å². The van der Waals surface area contributed by atoms with Crippen LogP contribution < -0.4 is 10.6 Å². The Kier molecular flexibility index (Phi) is 6.84. The zero-order chi connectivity index (χ0) is 18.6.